The molecule has 28 heavy (non-hydrogen) atoms. The number of amides is 2. The minimum absolute atomic E-state index is 0.0524. The van der Waals surface area contributed by atoms with Gasteiger partial charge in [0.05, 0.1) is 11.6 Å². The number of benzene rings is 2. The Bertz CT molecular complexity index is 997. The number of fused-ring (bicyclic) bond motifs is 1. The van der Waals surface area contributed by atoms with Gasteiger partial charge in [0, 0.05) is 0 Å². The number of sulfonamides is 1. The van der Waals surface area contributed by atoms with Gasteiger partial charge >= 0.3 is 0 Å². The Morgan fingerprint density at radius 3 is 2.29 bits per heavy atom. The van der Waals surface area contributed by atoms with Crippen molar-refractivity contribution in [2.45, 2.75) is 38.1 Å². The summed E-state index contributed by atoms with van der Waals surface area (Å²) < 4.78 is 25.9. The smallest absolute Gasteiger partial charge is 0.269 e. The summed E-state index contributed by atoms with van der Waals surface area (Å²) in [7, 11) is -4.00. The van der Waals surface area contributed by atoms with Gasteiger partial charge in [0.2, 0.25) is 5.91 Å². The van der Waals surface area contributed by atoms with Crippen molar-refractivity contribution < 1.29 is 18.0 Å². The van der Waals surface area contributed by atoms with E-state index in [1.54, 1.807) is 12.1 Å². The molecule has 0 bridgehead atoms. The van der Waals surface area contributed by atoms with E-state index in [2.05, 4.69) is 12.2 Å². The van der Waals surface area contributed by atoms with E-state index < -0.39 is 28.4 Å². The Morgan fingerprint density at radius 2 is 1.71 bits per heavy atom. The van der Waals surface area contributed by atoms with E-state index in [1.807, 2.05) is 38.1 Å². The van der Waals surface area contributed by atoms with Crippen molar-refractivity contribution in [2.75, 3.05) is 6.54 Å². The summed E-state index contributed by atoms with van der Waals surface area (Å²) in [5.74, 6) is -1.08. The molecule has 1 atom stereocenters. The molecule has 2 amide bonds. The first-order chi connectivity index (χ1) is 13.3. The van der Waals surface area contributed by atoms with Crippen LogP contribution in [0.3, 0.4) is 0 Å². The molecule has 0 unspecified atom stereocenters. The highest BCUT2D eigenvalue weighted by atomic mass is 32.2. The summed E-state index contributed by atoms with van der Waals surface area (Å²) in [5, 5.41) is 2.88. The van der Waals surface area contributed by atoms with Crippen molar-refractivity contribution in [3.8, 4) is 0 Å². The first-order valence-electron chi connectivity index (χ1n) is 9.30. The monoisotopic (exact) mass is 400 g/mol. The van der Waals surface area contributed by atoms with Crippen LogP contribution in [0.2, 0.25) is 0 Å². The molecule has 0 aromatic heterocycles. The Labute approximate surface area is 165 Å². The fraction of sp³-hybridized carbons (Fsp3) is 0.333. The van der Waals surface area contributed by atoms with Gasteiger partial charge in [0.25, 0.3) is 15.9 Å². The van der Waals surface area contributed by atoms with Crippen molar-refractivity contribution in [1.29, 1.82) is 0 Å². The van der Waals surface area contributed by atoms with Gasteiger partial charge in [0.1, 0.15) is 11.4 Å². The zero-order valence-corrected chi connectivity index (χ0v) is 17.0. The number of rotatable bonds is 6. The van der Waals surface area contributed by atoms with E-state index in [4.69, 9.17) is 0 Å². The minimum Gasteiger partial charge on any atom is -0.347 e. The molecule has 1 N–H and O–H groups in total. The highest BCUT2D eigenvalue weighted by Crippen LogP contribution is 2.30. The van der Waals surface area contributed by atoms with Gasteiger partial charge in [-0.1, -0.05) is 57.2 Å². The van der Waals surface area contributed by atoms with Crippen molar-refractivity contribution in [1.82, 2.24) is 9.62 Å². The third-order valence-electron chi connectivity index (χ3n) is 4.93. The summed E-state index contributed by atoms with van der Waals surface area (Å²) in [6, 6.07) is 13.7. The summed E-state index contributed by atoms with van der Waals surface area (Å²) in [5.41, 5.74) is 2.24. The molecule has 148 valence electrons. The molecule has 0 saturated heterocycles. The largest absolute Gasteiger partial charge is 0.347 e. The van der Waals surface area contributed by atoms with Crippen LogP contribution in [-0.2, 0) is 21.2 Å². The van der Waals surface area contributed by atoms with Crippen molar-refractivity contribution >= 4 is 21.8 Å². The Balaban J connectivity index is 1.78. The third-order valence-corrected chi connectivity index (χ3v) is 6.72. The number of nitrogens with one attached hydrogen (secondary N) is 1. The molecule has 2 aromatic carbocycles. The highest BCUT2D eigenvalue weighted by Gasteiger charge is 2.42. The lowest BCUT2D eigenvalue weighted by molar-refractivity contribution is -0.122. The lowest BCUT2D eigenvalue weighted by atomic mass is 9.95. The number of nitrogens with zero attached hydrogens (tertiary/aromatic N) is 1. The number of aryl methyl sites for hydroxylation is 1. The van der Waals surface area contributed by atoms with Crippen LogP contribution in [0.5, 0.6) is 0 Å². The van der Waals surface area contributed by atoms with Crippen LogP contribution < -0.4 is 5.32 Å². The summed E-state index contributed by atoms with van der Waals surface area (Å²) >= 11 is 0. The maximum atomic E-state index is 12.6. The highest BCUT2D eigenvalue weighted by molar-refractivity contribution is 7.90. The van der Waals surface area contributed by atoms with E-state index in [-0.39, 0.29) is 22.4 Å². The van der Waals surface area contributed by atoms with Crippen LogP contribution in [0.25, 0.3) is 0 Å². The molecule has 6 nitrogen and oxygen atoms in total. The minimum atomic E-state index is -4.00. The van der Waals surface area contributed by atoms with Crippen LogP contribution in [0.15, 0.2) is 53.4 Å². The number of hydrogen-bond donors (Lipinski definition) is 1. The summed E-state index contributed by atoms with van der Waals surface area (Å²) in [6.07, 6.45) is 0.925. The van der Waals surface area contributed by atoms with Crippen molar-refractivity contribution in [2.24, 2.45) is 5.92 Å². The van der Waals surface area contributed by atoms with Gasteiger partial charge in [-0.25, -0.2) is 12.7 Å². The Kier molecular flexibility index (Phi) is 5.56. The first kappa shape index (κ1) is 20.1. The van der Waals surface area contributed by atoms with Crippen LogP contribution in [0, 0.1) is 5.92 Å². The molecule has 0 aliphatic carbocycles. The number of carbonyl (C=O) groups is 2. The average molecular weight is 401 g/mol. The molecule has 1 heterocycles. The molecule has 2 aromatic rings. The normalized spacial score (nSPS) is 16.1. The van der Waals surface area contributed by atoms with Crippen LogP contribution in [0.1, 0.15) is 48.3 Å². The summed E-state index contributed by atoms with van der Waals surface area (Å²) in [6.45, 7) is 5.49. The van der Waals surface area contributed by atoms with Crippen molar-refractivity contribution in [3.63, 3.8) is 0 Å². The molecule has 0 saturated carbocycles. The van der Waals surface area contributed by atoms with Gasteiger partial charge in [-0.15, -0.1) is 0 Å². The third kappa shape index (κ3) is 3.67. The Morgan fingerprint density at radius 1 is 1.07 bits per heavy atom. The fourth-order valence-electron chi connectivity index (χ4n) is 3.33. The quantitative estimate of drug-likeness (QED) is 0.808. The second kappa shape index (κ2) is 7.75. The van der Waals surface area contributed by atoms with Crippen LogP contribution in [0.4, 0.5) is 0 Å². The lowest BCUT2D eigenvalue weighted by Gasteiger charge is -2.24. The zero-order chi connectivity index (χ0) is 20.5. The Hall–Kier alpha value is -2.67. The van der Waals surface area contributed by atoms with Gasteiger partial charge in [-0.05, 0) is 35.6 Å². The fourth-order valence-corrected chi connectivity index (χ4v) is 4.86. The van der Waals surface area contributed by atoms with Crippen LogP contribution in [-0.4, -0.2) is 31.1 Å². The van der Waals surface area contributed by atoms with E-state index >= 15 is 0 Å². The maximum absolute atomic E-state index is 12.6. The zero-order valence-electron chi connectivity index (χ0n) is 16.2. The number of hydrogen-bond acceptors (Lipinski definition) is 4. The molecule has 3 rings (SSSR count). The molecule has 0 fully saturated rings. The van der Waals surface area contributed by atoms with E-state index in [0.717, 1.165) is 12.0 Å². The van der Waals surface area contributed by atoms with E-state index in [0.29, 0.717) is 4.31 Å². The topological polar surface area (TPSA) is 83.6 Å². The van der Waals surface area contributed by atoms with Gasteiger partial charge in [-0.2, -0.15) is 0 Å². The standard InChI is InChI=1S/C21H24N2O4S/c1-4-15-9-11-16(12-10-15)20(14(2)3)22-19(24)13-23-21(25)17-7-5-6-8-18(17)28(23,26)27/h5-12,14,20H,4,13H2,1-3H3,(H,22,24)/t20-/m1/s1. The van der Waals surface area contributed by atoms with Crippen molar-refractivity contribution in [3.05, 3.63) is 65.2 Å². The van der Waals surface area contributed by atoms with Crippen LogP contribution >= 0.6 is 0 Å². The van der Waals surface area contributed by atoms with Gasteiger partial charge in [-0.3, -0.25) is 9.59 Å². The molecular formula is C21H24N2O4S. The van der Waals surface area contributed by atoms with E-state index in [9.17, 15) is 18.0 Å². The molecular weight excluding hydrogens is 376 g/mol. The van der Waals surface area contributed by atoms with E-state index in [1.165, 1.54) is 17.7 Å². The summed E-state index contributed by atoms with van der Waals surface area (Å²) in [4.78, 5) is 25.0. The van der Waals surface area contributed by atoms with Gasteiger partial charge in [0.15, 0.2) is 0 Å². The predicted molar refractivity (Wildman–Crippen MR) is 106 cm³/mol. The molecule has 1 aliphatic rings. The number of carbonyl (C=O) groups excluding carboxylic acids is 2. The maximum Gasteiger partial charge on any atom is 0.269 e. The molecule has 7 heteroatoms. The molecule has 1 aliphatic heterocycles. The molecule has 0 spiro atoms. The lowest BCUT2D eigenvalue weighted by Crippen LogP contribution is -2.42. The van der Waals surface area contributed by atoms with Gasteiger partial charge < -0.3 is 5.32 Å². The first-order valence-corrected chi connectivity index (χ1v) is 10.7. The molecule has 0 radical (unpaired) electrons. The SMILES string of the molecule is CCc1ccc([C@H](NC(=O)CN2C(=O)c3ccccc3S2(=O)=O)C(C)C)cc1. The predicted octanol–water partition coefficient (Wildman–Crippen LogP) is 2.91. The second-order valence-electron chi connectivity index (χ2n) is 7.20. The second-order valence-corrected chi connectivity index (χ2v) is 9.03. The average Bonchev–Trinajstić information content (AvgIpc) is 2.87.